The Balaban J connectivity index is 1.73. The number of benzene rings is 3. The molecule has 0 bridgehead atoms. The first-order valence-electron chi connectivity index (χ1n) is 8.17. The molecule has 2 nitrogen and oxygen atoms in total. The van der Waals surface area contributed by atoms with Crippen molar-refractivity contribution in [3.8, 4) is 5.75 Å². The van der Waals surface area contributed by atoms with E-state index < -0.39 is 0 Å². The van der Waals surface area contributed by atoms with Gasteiger partial charge >= 0.3 is 0 Å². The van der Waals surface area contributed by atoms with E-state index in [-0.39, 0.29) is 0 Å². The van der Waals surface area contributed by atoms with Crippen LogP contribution in [-0.4, -0.2) is 0 Å². The number of rotatable bonds is 6. The van der Waals surface area contributed by atoms with E-state index in [0.717, 1.165) is 27.0 Å². The van der Waals surface area contributed by atoms with Crippen LogP contribution in [0.2, 0.25) is 10.0 Å². The fourth-order valence-electron chi connectivity index (χ4n) is 2.57. The molecule has 1 N–H and O–H groups in total. The summed E-state index contributed by atoms with van der Waals surface area (Å²) in [5.41, 5.74) is 4.26. The Kier molecular flexibility index (Phi) is 6.47. The highest BCUT2D eigenvalue weighted by atomic mass is 79.9. The maximum Gasteiger partial charge on any atom is 0.124 e. The lowest BCUT2D eigenvalue weighted by atomic mass is 10.1. The highest BCUT2D eigenvalue weighted by Gasteiger charge is 2.08. The Labute approximate surface area is 172 Å². The highest BCUT2D eigenvalue weighted by Crippen LogP contribution is 2.27. The van der Waals surface area contributed by atoms with Crippen LogP contribution in [0.25, 0.3) is 0 Å². The van der Waals surface area contributed by atoms with E-state index in [2.05, 4.69) is 52.4 Å². The number of hydrogen-bond donors (Lipinski definition) is 1. The van der Waals surface area contributed by atoms with Crippen molar-refractivity contribution in [1.29, 1.82) is 0 Å². The van der Waals surface area contributed by atoms with Crippen LogP contribution in [-0.2, 0) is 13.2 Å². The van der Waals surface area contributed by atoms with Gasteiger partial charge in [-0.25, -0.2) is 0 Å². The smallest absolute Gasteiger partial charge is 0.124 e. The molecule has 0 fully saturated rings. The standard InChI is InChI=1S/C21H18BrCl2NO/c1-14-3-2-4-19(9-14)25-12-16-10-17(22)6-8-21(16)26-13-15-5-7-18(23)11-20(15)24/h2-11,25H,12-13H2,1H3. The molecule has 3 aromatic rings. The summed E-state index contributed by atoms with van der Waals surface area (Å²) in [6, 6.07) is 19.7. The average molecular weight is 451 g/mol. The molecule has 0 aliphatic heterocycles. The molecular weight excluding hydrogens is 433 g/mol. The molecule has 0 spiro atoms. The minimum absolute atomic E-state index is 0.384. The van der Waals surface area contributed by atoms with Gasteiger partial charge in [-0.15, -0.1) is 0 Å². The van der Waals surface area contributed by atoms with Crippen molar-refractivity contribution >= 4 is 44.8 Å². The van der Waals surface area contributed by atoms with E-state index in [1.165, 1.54) is 5.56 Å². The van der Waals surface area contributed by atoms with E-state index in [1.54, 1.807) is 6.07 Å². The SMILES string of the molecule is Cc1cccc(NCc2cc(Br)ccc2OCc2ccc(Cl)cc2Cl)c1. The van der Waals surface area contributed by atoms with Gasteiger partial charge in [0, 0.05) is 37.9 Å². The van der Waals surface area contributed by atoms with Crippen molar-refractivity contribution in [1.82, 2.24) is 0 Å². The summed E-state index contributed by atoms with van der Waals surface area (Å²) in [6.45, 7) is 3.12. The van der Waals surface area contributed by atoms with Crippen LogP contribution >= 0.6 is 39.1 Å². The lowest BCUT2D eigenvalue weighted by Gasteiger charge is -2.14. The number of anilines is 1. The molecule has 0 saturated heterocycles. The Morgan fingerprint density at radius 2 is 1.81 bits per heavy atom. The third-order valence-electron chi connectivity index (χ3n) is 3.92. The van der Waals surface area contributed by atoms with Crippen LogP contribution in [0.3, 0.4) is 0 Å². The first-order chi connectivity index (χ1) is 12.5. The van der Waals surface area contributed by atoms with Crippen LogP contribution < -0.4 is 10.1 Å². The minimum atomic E-state index is 0.384. The molecule has 0 unspecified atom stereocenters. The van der Waals surface area contributed by atoms with Crippen molar-refractivity contribution < 1.29 is 4.74 Å². The summed E-state index contributed by atoms with van der Waals surface area (Å²) in [4.78, 5) is 0. The molecule has 0 aromatic heterocycles. The molecular formula is C21H18BrCl2NO. The molecule has 0 radical (unpaired) electrons. The predicted molar refractivity (Wildman–Crippen MR) is 113 cm³/mol. The number of hydrogen-bond acceptors (Lipinski definition) is 2. The summed E-state index contributed by atoms with van der Waals surface area (Å²) in [5.74, 6) is 0.819. The lowest BCUT2D eigenvalue weighted by molar-refractivity contribution is 0.303. The maximum absolute atomic E-state index is 6.23. The first-order valence-corrected chi connectivity index (χ1v) is 9.72. The van der Waals surface area contributed by atoms with Crippen molar-refractivity contribution in [2.75, 3.05) is 5.32 Å². The zero-order valence-electron chi connectivity index (χ0n) is 14.2. The molecule has 134 valence electrons. The van der Waals surface area contributed by atoms with Gasteiger partial charge in [0.25, 0.3) is 0 Å². The van der Waals surface area contributed by atoms with Gasteiger partial charge < -0.3 is 10.1 Å². The van der Waals surface area contributed by atoms with Gasteiger partial charge in [-0.05, 0) is 55.0 Å². The third-order valence-corrected chi connectivity index (χ3v) is 5.00. The summed E-state index contributed by atoms with van der Waals surface area (Å²) in [7, 11) is 0. The summed E-state index contributed by atoms with van der Waals surface area (Å²) in [6.07, 6.45) is 0. The van der Waals surface area contributed by atoms with Gasteiger partial charge in [-0.1, -0.05) is 57.3 Å². The summed E-state index contributed by atoms with van der Waals surface area (Å²) in [5, 5.41) is 4.66. The van der Waals surface area contributed by atoms with E-state index in [1.807, 2.05) is 30.3 Å². The normalized spacial score (nSPS) is 10.6. The third kappa shape index (κ3) is 5.16. The molecule has 3 aromatic carbocycles. The number of halogens is 3. The van der Waals surface area contributed by atoms with Gasteiger partial charge in [0.2, 0.25) is 0 Å². The summed E-state index contributed by atoms with van der Waals surface area (Å²) >= 11 is 15.7. The van der Waals surface area contributed by atoms with Gasteiger partial charge in [0.05, 0.1) is 0 Å². The monoisotopic (exact) mass is 449 g/mol. The Morgan fingerprint density at radius 3 is 2.58 bits per heavy atom. The van der Waals surface area contributed by atoms with Gasteiger partial charge in [0.1, 0.15) is 12.4 Å². The van der Waals surface area contributed by atoms with Crippen LogP contribution in [0, 0.1) is 6.92 Å². The zero-order chi connectivity index (χ0) is 18.5. The fourth-order valence-corrected chi connectivity index (χ4v) is 3.45. The maximum atomic E-state index is 6.23. The lowest BCUT2D eigenvalue weighted by Crippen LogP contribution is -2.04. The number of nitrogens with one attached hydrogen (secondary N) is 1. The van der Waals surface area contributed by atoms with Gasteiger partial charge in [-0.3, -0.25) is 0 Å². The molecule has 0 amide bonds. The quantitative estimate of drug-likeness (QED) is 0.426. The van der Waals surface area contributed by atoms with Crippen LogP contribution in [0.15, 0.2) is 65.1 Å². The molecule has 0 atom stereocenters. The van der Waals surface area contributed by atoms with Crippen LogP contribution in [0.5, 0.6) is 5.75 Å². The van der Waals surface area contributed by atoms with Crippen molar-refractivity contribution in [3.63, 3.8) is 0 Å². The Morgan fingerprint density at radius 1 is 0.962 bits per heavy atom. The van der Waals surface area contributed by atoms with Crippen LogP contribution in [0.4, 0.5) is 5.69 Å². The van der Waals surface area contributed by atoms with E-state index in [9.17, 15) is 0 Å². The molecule has 0 heterocycles. The van der Waals surface area contributed by atoms with Gasteiger partial charge in [0.15, 0.2) is 0 Å². The predicted octanol–water partition coefficient (Wildman–Crippen LogP) is 7.26. The average Bonchev–Trinajstić information content (AvgIpc) is 2.60. The first kappa shape index (κ1) is 19.1. The van der Waals surface area contributed by atoms with Crippen molar-refractivity contribution in [3.05, 3.63) is 91.9 Å². The largest absolute Gasteiger partial charge is 0.488 e. The molecule has 0 aliphatic rings. The molecule has 0 saturated carbocycles. The van der Waals surface area contributed by atoms with Crippen LogP contribution in [0.1, 0.15) is 16.7 Å². The minimum Gasteiger partial charge on any atom is -0.488 e. The van der Waals surface area contributed by atoms with Gasteiger partial charge in [-0.2, -0.15) is 0 Å². The second kappa shape index (κ2) is 8.81. The Hall–Kier alpha value is -1.68. The number of ether oxygens (including phenoxy) is 1. The molecule has 5 heteroatoms. The molecule has 26 heavy (non-hydrogen) atoms. The highest BCUT2D eigenvalue weighted by molar-refractivity contribution is 9.10. The Bertz CT molecular complexity index is 914. The van der Waals surface area contributed by atoms with Crippen molar-refractivity contribution in [2.24, 2.45) is 0 Å². The second-order valence-electron chi connectivity index (χ2n) is 6.00. The second-order valence-corrected chi connectivity index (χ2v) is 7.76. The zero-order valence-corrected chi connectivity index (χ0v) is 17.3. The van der Waals surface area contributed by atoms with E-state index in [4.69, 9.17) is 27.9 Å². The van der Waals surface area contributed by atoms with E-state index in [0.29, 0.717) is 23.2 Å². The molecule has 0 aliphatic carbocycles. The summed E-state index contributed by atoms with van der Waals surface area (Å²) < 4.78 is 7.03. The topological polar surface area (TPSA) is 21.3 Å². The fraction of sp³-hybridized carbons (Fsp3) is 0.143. The van der Waals surface area contributed by atoms with Crippen molar-refractivity contribution in [2.45, 2.75) is 20.1 Å². The van der Waals surface area contributed by atoms with E-state index >= 15 is 0 Å². The molecule has 3 rings (SSSR count). The number of aryl methyl sites for hydroxylation is 1.